The van der Waals surface area contributed by atoms with Crippen LogP contribution in [-0.4, -0.2) is 54.5 Å². The predicted octanol–water partition coefficient (Wildman–Crippen LogP) is 1.16. The summed E-state index contributed by atoms with van der Waals surface area (Å²) in [4.78, 5) is 33.5. The molecule has 1 aromatic carbocycles. The lowest BCUT2D eigenvalue weighted by molar-refractivity contribution is -0.138. The number of carboxylic acid groups (broad SMARTS) is 1. The first-order valence-corrected chi connectivity index (χ1v) is 11.3. The van der Waals surface area contributed by atoms with Crippen LogP contribution in [0.15, 0.2) is 59.6 Å². The highest BCUT2D eigenvalue weighted by Crippen LogP contribution is 2.45. The number of nitrogens with one attached hydrogen (secondary N) is 2. The minimum atomic E-state index is -4.16. The van der Waals surface area contributed by atoms with Crippen molar-refractivity contribution < 1.29 is 33.4 Å². The van der Waals surface area contributed by atoms with Gasteiger partial charge < -0.3 is 24.5 Å². The molecule has 0 amide bonds. The molecular weight excluding hydrogens is 457 g/mol. The van der Waals surface area contributed by atoms with Crippen LogP contribution in [0.4, 0.5) is 0 Å². The monoisotopic (exact) mass is 477 g/mol. The molecule has 0 bridgehead atoms. The molecule has 3 heterocycles. The first-order chi connectivity index (χ1) is 15.8. The van der Waals surface area contributed by atoms with Crippen molar-refractivity contribution in [2.24, 2.45) is 0 Å². The Morgan fingerprint density at radius 2 is 2.12 bits per heavy atom. The lowest BCUT2D eigenvalue weighted by Gasteiger charge is -2.22. The molecule has 3 aromatic rings. The van der Waals surface area contributed by atoms with E-state index < -0.39 is 44.3 Å². The zero-order valence-corrected chi connectivity index (χ0v) is 18.1. The van der Waals surface area contributed by atoms with Crippen LogP contribution in [0.5, 0.6) is 5.75 Å². The predicted molar refractivity (Wildman–Crippen MR) is 113 cm³/mol. The fraction of sp³-hybridized carbons (Fsp3) is 0.263. The number of H-pyrrole nitrogens is 1. The number of aliphatic hydroxyl groups excluding tert-OH is 1. The summed E-state index contributed by atoms with van der Waals surface area (Å²) in [6.45, 7) is 0.883. The van der Waals surface area contributed by atoms with Crippen LogP contribution in [0.3, 0.4) is 0 Å². The standard InChI is InChI=1S/C19H20N5O8P/c1-11(19(27)28)23-33(29,32-12-5-3-2-4-6-12)30-8-13-7-14(25)18(31-13)24-10-22-15-16(24)20-9-21-17(15)26/h2-7,9-11,14,18,25H,8H2,1H3,(H,23,29)(H,27,28)(H,20,21,26)/t11-,14+,18+,33-/m0/s1. The Kier molecular flexibility index (Phi) is 6.29. The topological polar surface area (TPSA) is 178 Å². The number of rotatable bonds is 9. The number of carbonyl (C=O) groups is 1. The third kappa shape index (κ3) is 4.96. The molecule has 174 valence electrons. The van der Waals surface area contributed by atoms with Crippen LogP contribution in [0, 0.1) is 0 Å². The maximum atomic E-state index is 13.2. The second kappa shape index (κ2) is 9.16. The molecule has 1 aliphatic rings. The van der Waals surface area contributed by atoms with E-state index in [0.29, 0.717) is 0 Å². The summed E-state index contributed by atoms with van der Waals surface area (Å²) in [5.41, 5.74) is -0.167. The molecule has 4 rings (SSSR count). The van der Waals surface area contributed by atoms with Crippen molar-refractivity contribution in [3.8, 4) is 5.75 Å². The highest BCUT2D eigenvalue weighted by Gasteiger charge is 2.35. The molecule has 0 spiro atoms. The average Bonchev–Trinajstić information content (AvgIpc) is 3.37. The number of carboxylic acids is 1. The highest BCUT2D eigenvalue weighted by molar-refractivity contribution is 7.52. The number of aromatic nitrogens is 4. The van der Waals surface area contributed by atoms with Crippen molar-refractivity contribution in [2.75, 3.05) is 6.61 Å². The minimum Gasteiger partial charge on any atom is -0.480 e. The molecule has 0 radical (unpaired) electrons. The van der Waals surface area contributed by atoms with Crippen molar-refractivity contribution in [1.82, 2.24) is 24.6 Å². The van der Waals surface area contributed by atoms with E-state index >= 15 is 0 Å². The van der Waals surface area contributed by atoms with Crippen LogP contribution in [0.1, 0.15) is 13.2 Å². The Morgan fingerprint density at radius 1 is 1.36 bits per heavy atom. The van der Waals surface area contributed by atoms with Gasteiger partial charge in [-0.3, -0.25) is 18.7 Å². The van der Waals surface area contributed by atoms with Crippen LogP contribution in [-0.2, 0) is 18.6 Å². The van der Waals surface area contributed by atoms with Gasteiger partial charge in [0.1, 0.15) is 36.6 Å². The highest BCUT2D eigenvalue weighted by atomic mass is 31.2. The summed E-state index contributed by atoms with van der Waals surface area (Å²) in [5.74, 6) is -0.941. The smallest absolute Gasteiger partial charge is 0.459 e. The van der Waals surface area contributed by atoms with Crippen molar-refractivity contribution in [3.05, 3.63) is 65.2 Å². The maximum absolute atomic E-state index is 13.2. The normalized spacial score (nSPS) is 20.6. The summed E-state index contributed by atoms with van der Waals surface area (Å²) in [6, 6.07) is 6.86. The molecule has 2 aromatic heterocycles. The van der Waals surface area contributed by atoms with E-state index in [0.717, 1.165) is 0 Å². The number of ether oxygens (including phenoxy) is 1. The van der Waals surface area contributed by atoms with E-state index in [-0.39, 0.29) is 22.7 Å². The lowest BCUT2D eigenvalue weighted by atomic mass is 10.3. The minimum absolute atomic E-state index is 0.0746. The second-order valence-corrected chi connectivity index (χ2v) is 8.75. The number of benzene rings is 1. The molecule has 1 aliphatic heterocycles. The van der Waals surface area contributed by atoms with Gasteiger partial charge in [0.05, 0.1) is 6.33 Å². The van der Waals surface area contributed by atoms with Gasteiger partial charge in [-0.05, 0) is 25.1 Å². The van der Waals surface area contributed by atoms with E-state index in [1.54, 1.807) is 18.2 Å². The van der Waals surface area contributed by atoms with Crippen LogP contribution in [0.2, 0.25) is 0 Å². The van der Waals surface area contributed by atoms with Crippen molar-refractivity contribution in [2.45, 2.75) is 25.3 Å². The average molecular weight is 477 g/mol. The van der Waals surface area contributed by atoms with Gasteiger partial charge in [0, 0.05) is 0 Å². The molecule has 0 saturated carbocycles. The molecule has 0 aliphatic carbocycles. The number of para-hydroxylation sites is 1. The molecule has 14 heteroatoms. The van der Waals surface area contributed by atoms with Crippen LogP contribution in [0.25, 0.3) is 11.2 Å². The number of fused-ring (bicyclic) bond motifs is 1. The first kappa shape index (κ1) is 22.7. The SMILES string of the molecule is C[C@H](N[P@](=O)(OCC1=C[C@@H](O)[C@H](n2cnc3c(=O)[nH]cnc32)O1)Oc1ccccc1)C(=O)O. The summed E-state index contributed by atoms with van der Waals surface area (Å²) in [7, 11) is -4.16. The Balaban J connectivity index is 1.49. The number of aliphatic carboxylic acids is 1. The largest absolute Gasteiger partial charge is 0.480 e. The fourth-order valence-electron chi connectivity index (χ4n) is 3.04. The molecular formula is C19H20N5O8P. The summed E-state index contributed by atoms with van der Waals surface area (Å²) in [5, 5.41) is 21.9. The Morgan fingerprint density at radius 3 is 2.85 bits per heavy atom. The number of hydrogen-bond acceptors (Lipinski definition) is 9. The van der Waals surface area contributed by atoms with Gasteiger partial charge >= 0.3 is 13.7 Å². The third-order valence-corrected chi connectivity index (χ3v) is 6.25. The molecule has 13 nitrogen and oxygen atoms in total. The summed E-state index contributed by atoms with van der Waals surface area (Å²) < 4.78 is 31.2. The molecule has 4 N–H and O–H groups in total. The lowest BCUT2D eigenvalue weighted by Crippen LogP contribution is -2.33. The number of aliphatic hydroxyl groups is 1. The molecule has 0 unspecified atom stereocenters. The van der Waals surface area contributed by atoms with Crippen molar-refractivity contribution >= 4 is 24.9 Å². The molecule has 33 heavy (non-hydrogen) atoms. The van der Waals surface area contributed by atoms with E-state index in [1.165, 1.54) is 42.4 Å². The fourth-order valence-corrected chi connectivity index (χ4v) is 4.50. The number of imidazole rings is 1. The number of aromatic amines is 1. The van der Waals surface area contributed by atoms with Gasteiger partial charge in [-0.2, -0.15) is 5.09 Å². The van der Waals surface area contributed by atoms with Gasteiger partial charge in [0.25, 0.3) is 5.56 Å². The molecule has 0 saturated heterocycles. The molecule has 0 fully saturated rings. The van der Waals surface area contributed by atoms with Gasteiger partial charge in [-0.1, -0.05) is 18.2 Å². The van der Waals surface area contributed by atoms with E-state index in [9.17, 15) is 19.3 Å². The summed E-state index contributed by atoms with van der Waals surface area (Å²) >= 11 is 0. The summed E-state index contributed by atoms with van der Waals surface area (Å²) in [6.07, 6.45) is 1.69. The van der Waals surface area contributed by atoms with Gasteiger partial charge in [-0.15, -0.1) is 0 Å². The van der Waals surface area contributed by atoms with Crippen LogP contribution >= 0.6 is 7.75 Å². The second-order valence-electron chi connectivity index (χ2n) is 7.05. The van der Waals surface area contributed by atoms with Gasteiger partial charge in [0.15, 0.2) is 11.2 Å². The first-order valence-electron chi connectivity index (χ1n) is 9.71. The zero-order valence-electron chi connectivity index (χ0n) is 17.2. The van der Waals surface area contributed by atoms with Crippen molar-refractivity contribution in [1.29, 1.82) is 0 Å². The van der Waals surface area contributed by atoms with E-state index in [2.05, 4.69) is 20.0 Å². The zero-order chi connectivity index (χ0) is 23.6. The van der Waals surface area contributed by atoms with Crippen molar-refractivity contribution in [3.63, 3.8) is 0 Å². The molecule has 4 atom stereocenters. The van der Waals surface area contributed by atoms with Gasteiger partial charge in [0.2, 0.25) is 6.23 Å². The van der Waals surface area contributed by atoms with Gasteiger partial charge in [-0.25, -0.2) is 14.5 Å². The maximum Gasteiger partial charge on any atom is 0.459 e. The van der Waals surface area contributed by atoms with Crippen LogP contribution < -0.4 is 15.2 Å². The van der Waals surface area contributed by atoms with E-state index in [1.807, 2.05) is 0 Å². The Labute approximate surface area is 186 Å². The number of nitrogens with zero attached hydrogens (tertiary/aromatic N) is 3. The number of hydrogen-bond donors (Lipinski definition) is 4. The van der Waals surface area contributed by atoms with E-state index in [4.69, 9.17) is 18.9 Å². The Bertz CT molecular complexity index is 1290. The quantitative estimate of drug-likeness (QED) is 0.325. The third-order valence-electron chi connectivity index (χ3n) is 4.63. The Hall–Kier alpha value is -3.51.